The lowest BCUT2D eigenvalue weighted by Gasteiger charge is -2.25. The molecule has 15 nitrogen and oxygen atoms in total. The number of anilines is 2. The SMILES string of the molecule is CCN1/C(=C/C=C/C=C/C2=[N+](CCCCCC(=O)NCCN)c3ccccc3C2(C)C)C(C)(C)c2ccccc21.CCN1/C(=C/C=C/C=C/C2=[N+](CCCCCC(=O)NCCNC(=S)CCCc3ccc(O)c(O)c3)c3ccccc3C2(C)C)C(C)(C)c2ccccc21.N#CSCCc1ccc(O)c(O)c1. The van der Waals surface area contributed by atoms with Crippen LogP contribution in [0.2, 0.25) is 0 Å². The van der Waals surface area contributed by atoms with Crippen LogP contribution in [0, 0.1) is 10.7 Å². The molecular weight excluding hydrogens is 1360 g/mol. The number of allylic oxidation sites excluding steroid dienone is 12. The van der Waals surface area contributed by atoms with Gasteiger partial charge in [-0.2, -0.15) is 14.4 Å². The highest BCUT2D eigenvalue weighted by atomic mass is 32.2. The molecule has 9 N–H and O–H groups in total. The number of amides is 2. The standard InChI is InChI=1S/C45H56N4O3S.C35H46N4O.C9H9NO2S/c1-6-48-36-21-14-12-19-34(36)44(2,3)40(48)23-9-7-10-24-41-45(4,5)35-20-13-15-22-37(35)49(41)31-16-8-11-25-42(52)46-29-30-47-43(53)26-17-18-33-27-28-38(50)39(51)32-33;1-6-38-29-19-14-12-17-27(29)34(2,3)31(38)21-9-7-10-22-32-35(4,5)28-18-13-15-20-30(28)39(32)26-16-8-11-23-33(40)37-25-24-36;10-6-13-4-3-7-1-2-8(11)9(12)5-7/h7,9-10,12-15,19-24,27-28,32H,6,8,11,16-18,25-26,29-31H2,1-5H3,(H3-,46,47,50,51,52,53);7,9-10,12-15,17-22H,6,8,11,16,23-26,36H2,1-5H3;1-2,5,11-12H,3-4H2/p+2. The number of unbranched alkanes of at least 4 members (excludes halogenated alkanes) is 4. The van der Waals surface area contributed by atoms with E-state index in [0.29, 0.717) is 51.2 Å². The number of hydrogen-bond acceptors (Lipinski definition) is 12. The molecule has 0 bridgehead atoms. The topological polar surface area (TPSA) is 213 Å². The zero-order valence-electron chi connectivity index (χ0n) is 64.1. The van der Waals surface area contributed by atoms with E-state index in [1.165, 1.54) is 97.8 Å². The molecule has 0 aliphatic carbocycles. The predicted octanol–water partition coefficient (Wildman–Crippen LogP) is 17.3. The van der Waals surface area contributed by atoms with Crippen molar-refractivity contribution in [1.29, 1.82) is 5.26 Å². The third kappa shape index (κ3) is 21.0. The maximum absolute atomic E-state index is 12.5. The maximum Gasteiger partial charge on any atom is 0.220 e. The Morgan fingerprint density at radius 2 is 0.925 bits per heavy atom. The second kappa shape index (κ2) is 39.2. The van der Waals surface area contributed by atoms with Crippen LogP contribution in [0.25, 0.3) is 0 Å². The number of thiocyanates is 1. The van der Waals surface area contributed by atoms with E-state index in [2.05, 4.69) is 262 Å². The van der Waals surface area contributed by atoms with Crippen molar-refractivity contribution in [3.63, 3.8) is 0 Å². The molecule has 4 aliphatic rings. The zero-order chi connectivity index (χ0) is 76.4. The number of fused-ring (bicyclic) bond motifs is 4. The van der Waals surface area contributed by atoms with Crippen LogP contribution in [0.5, 0.6) is 23.0 Å². The summed E-state index contributed by atoms with van der Waals surface area (Å²) in [6, 6.07) is 44.5. The molecule has 0 spiro atoms. The molecule has 2 amide bonds. The first-order valence-corrected chi connectivity index (χ1v) is 39.2. The van der Waals surface area contributed by atoms with Gasteiger partial charge in [-0.25, -0.2) is 0 Å². The van der Waals surface area contributed by atoms with Crippen LogP contribution in [0.1, 0.15) is 167 Å². The first kappa shape index (κ1) is 82.2. The van der Waals surface area contributed by atoms with Gasteiger partial charge < -0.3 is 51.9 Å². The lowest BCUT2D eigenvalue weighted by molar-refractivity contribution is -0.438. The normalized spacial score (nSPS) is 16.3. The van der Waals surface area contributed by atoms with Gasteiger partial charge in [0.1, 0.15) is 18.5 Å². The number of likely N-dealkylation sites (N-methyl/N-ethyl adjacent to an activating group) is 2. The molecule has 0 atom stereocenters. The number of para-hydroxylation sites is 4. The van der Waals surface area contributed by atoms with Crippen molar-refractivity contribution in [2.45, 2.75) is 168 Å². The second-order valence-electron chi connectivity index (χ2n) is 29.4. The number of phenolic OH excluding ortho intramolecular Hbond substituents is 4. The second-order valence-corrected chi connectivity index (χ2v) is 30.7. The number of nitrogens with two attached hydrogens (primary N) is 1. The van der Waals surface area contributed by atoms with E-state index in [-0.39, 0.29) is 56.5 Å². The molecular formula is C89H113N9O6S2+2. The van der Waals surface area contributed by atoms with Crippen LogP contribution in [0.4, 0.5) is 22.7 Å². The number of nitrogens with zero attached hydrogens (tertiary/aromatic N) is 5. The summed E-state index contributed by atoms with van der Waals surface area (Å²) >= 11 is 6.61. The molecule has 17 heteroatoms. The Bertz CT molecular complexity index is 4340. The number of hydrogen-bond donors (Lipinski definition) is 8. The van der Waals surface area contributed by atoms with Crippen LogP contribution in [-0.2, 0) is 44.1 Å². The molecule has 10 rings (SSSR count). The summed E-state index contributed by atoms with van der Waals surface area (Å²) in [5.41, 5.74) is 23.0. The minimum Gasteiger partial charge on any atom is -0.504 e. The van der Waals surface area contributed by atoms with Crippen molar-refractivity contribution in [2.75, 3.05) is 67.9 Å². The Hall–Kier alpha value is -9.47. The summed E-state index contributed by atoms with van der Waals surface area (Å²) in [6.45, 7) is 28.8. The average Bonchev–Trinajstić information content (AvgIpc) is 1.59. The molecule has 0 saturated carbocycles. The monoisotopic (exact) mass is 1470 g/mol. The number of nitriles is 1. The van der Waals surface area contributed by atoms with Gasteiger partial charge in [-0.1, -0.05) is 161 Å². The Kier molecular flexibility index (Phi) is 30.4. The van der Waals surface area contributed by atoms with Crippen molar-refractivity contribution in [3.8, 4) is 28.4 Å². The lowest BCUT2D eigenvalue weighted by atomic mass is 9.81. The van der Waals surface area contributed by atoms with Crippen LogP contribution < -0.4 is 31.5 Å². The summed E-state index contributed by atoms with van der Waals surface area (Å²) in [4.78, 5) is 30.0. The third-order valence-corrected chi connectivity index (χ3v) is 21.5. The smallest absolute Gasteiger partial charge is 0.220 e. The van der Waals surface area contributed by atoms with Crippen molar-refractivity contribution in [2.24, 2.45) is 5.73 Å². The van der Waals surface area contributed by atoms with Crippen LogP contribution in [-0.4, -0.2) is 116 Å². The molecule has 6 aromatic rings. The Labute approximate surface area is 640 Å². The number of nitrogens with one attached hydrogen (secondary N) is 3. The molecule has 0 saturated heterocycles. The van der Waals surface area contributed by atoms with Crippen molar-refractivity contribution in [1.82, 2.24) is 16.0 Å². The van der Waals surface area contributed by atoms with Crippen LogP contribution >= 0.6 is 24.0 Å². The first-order valence-electron chi connectivity index (χ1n) is 37.8. The molecule has 0 radical (unpaired) electrons. The van der Waals surface area contributed by atoms with E-state index >= 15 is 0 Å². The molecule has 4 aliphatic heterocycles. The maximum atomic E-state index is 12.5. The number of carbonyl (C=O) groups is 2. The molecule has 6 aromatic carbocycles. The van der Waals surface area contributed by atoms with Gasteiger partial charge in [-0.15, -0.1) is 0 Å². The number of aromatic hydroxyl groups is 4. The number of thioether (sulfide) groups is 1. The predicted molar refractivity (Wildman–Crippen MR) is 443 cm³/mol. The summed E-state index contributed by atoms with van der Waals surface area (Å²) in [5, 5.41) is 56.6. The van der Waals surface area contributed by atoms with Crippen molar-refractivity contribution >= 4 is 75.0 Å². The summed E-state index contributed by atoms with van der Waals surface area (Å²) in [7, 11) is 0. The molecule has 0 unspecified atom stereocenters. The number of thiocarbonyl (C=S) groups is 1. The number of carbonyl (C=O) groups excluding carboxylic acids is 2. The average molecular weight is 1470 g/mol. The van der Waals surface area contributed by atoms with Gasteiger partial charge >= 0.3 is 0 Å². The Morgan fingerprint density at radius 1 is 0.500 bits per heavy atom. The van der Waals surface area contributed by atoms with E-state index in [0.717, 1.165) is 100 Å². The van der Waals surface area contributed by atoms with Gasteiger partial charge in [0.15, 0.2) is 34.4 Å². The Morgan fingerprint density at radius 3 is 1.37 bits per heavy atom. The highest BCUT2D eigenvalue weighted by Crippen LogP contribution is 2.49. The minimum atomic E-state index is -0.114. The van der Waals surface area contributed by atoms with Crippen LogP contribution in [0.3, 0.4) is 0 Å². The fourth-order valence-corrected chi connectivity index (χ4v) is 15.6. The quantitative estimate of drug-likeness (QED) is 0.00494. The molecule has 560 valence electrons. The zero-order valence-corrected chi connectivity index (χ0v) is 65.7. The van der Waals surface area contributed by atoms with Crippen molar-refractivity contribution in [3.05, 3.63) is 239 Å². The van der Waals surface area contributed by atoms with E-state index in [4.69, 9.17) is 33.4 Å². The number of aryl methyl sites for hydroxylation is 2. The van der Waals surface area contributed by atoms with Gasteiger partial charge in [0.2, 0.25) is 23.2 Å². The van der Waals surface area contributed by atoms with Gasteiger partial charge in [-0.05, 0) is 175 Å². The van der Waals surface area contributed by atoms with E-state index in [1.54, 1.807) is 18.2 Å². The minimum absolute atomic E-state index is 0.0214. The highest BCUT2D eigenvalue weighted by molar-refractivity contribution is 8.03. The lowest BCUT2D eigenvalue weighted by Crippen LogP contribution is -2.33. The first-order chi connectivity index (χ1) is 50.9. The molecule has 106 heavy (non-hydrogen) atoms. The number of phenols is 4. The highest BCUT2D eigenvalue weighted by Gasteiger charge is 2.46. The Balaban J connectivity index is 0.000000234. The summed E-state index contributed by atoms with van der Waals surface area (Å²) < 4.78 is 4.94. The molecule has 0 fully saturated rings. The van der Waals surface area contributed by atoms with Crippen molar-refractivity contribution < 1.29 is 39.2 Å². The summed E-state index contributed by atoms with van der Waals surface area (Å²) in [5.74, 6) is 0.423. The number of benzene rings is 6. The fraction of sp³-hybridized carbons (Fsp3) is 0.393. The van der Waals surface area contributed by atoms with E-state index in [9.17, 15) is 19.8 Å². The van der Waals surface area contributed by atoms with Gasteiger partial charge in [-0.3, -0.25) is 9.59 Å². The molecule has 0 aromatic heterocycles. The number of rotatable bonds is 32. The van der Waals surface area contributed by atoms with E-state index in [1.807, 2.05) is 5.40 Å². The van der Waals surface area contributed by atoms with Gasteiger partial charge in [0.05, 0.1) is 15.8 Å². The fourth-order valence-electron chi connectivity index (χ4n) is 14.9. The van der Waals surface area contributed by atoms with Crippen LogP contribution in [0.15, 0.2) is 206 Å². The van der Waals surface area contributed by atoms with Gasteiger partial charge in [0, 0.05) is 140 Å². The third-order valence-electron chi connectivity index (χ3n) is 20.6. The largest absolute Gasteiger partial charge is 0.504 e. The molecule has 4 heterocycles. The summed E-state index contributed by atoms with van der Waals surface area (Å²) in [6.07, 6.45) is 32.0. The van der Waals surface area contributed by atoms with E-state index < -0.39 is 0 Å². The van der Waals surface area contributed by atoms with Gasteiger partial charge in [0.25, 0.3) is 0 Å².